The zero-order chi connectivity index (χ0) is 25.5. The maximum atomic E-state index is 13.0. The summed E-state index contributed by atoms with van der Waals surface area (Å²) < 4.78 is 28.2. The van der Waals surface area contributed by atoms with Crippen LogP contribution in [0.15, 0.2) is 59.0 Å². The molecule has 8 heteroatoms. The average molecular weight is 490 g/mol. The number of carbonyl (C=O) groups is 2. The summed E-state index contributed by atoms with van der Waals surface area (Å²) in [6, 6.07) is 16.1. The van der Waals surface area contributed by atoms with Crippen molar-refractivity contribution >= 4 is 11.7 Å². The van der Waals surface area contributed by atoms with Crippen molar-refractivity contribution in [2.75, 3.05) is 40.5 Å². The molecule has 1 aliphatic heterocycles. The second kappa shape index (κ2) is 11.5. The molecule has 1 atom stereocenters. The molecule has 0 saturated carbocycles. The number of benzene rings is 2. The van der Waals surface area contributed by atoms with Gasteiger partial charge in [-0.3, -0.25) is 9.59 Å². The van der Waals surface area contributed by atoms with Gasteiger partial charge >= 0.3 is 0 Å². The van der Waals surface area contributed by atoms with E-state index in [0.717, 1.165) is 5.56 Å². The van der Waals surface area contributed by atoms with Gasteiger partial charge in [-0.1, -0.05) is 24.1 Å². The van der Waals surface area contributed by atoms with E-state index in [1.807, 2.05) is 30.3 Å². The van der Waals surface area contributed by atoms with Crippen LogP contribution < -0.4 is 14.2 Å². The fraction of sp³-hybridized carbons (Fsp3) is 0.286. The lowest BCUT2D eigenvalue weighted by Gasteiger charge is -2.32. The van der Waals surface area contributed by atoms with E-state index in [4.69, 9.17) is 23.4 Å². The molecule has 8 nitrogen and oxygen atoms in total. The molecule has 0 radical (unpaired) electrons. The second-order valence-electron chi connectivity index (χ2n) is 8.07. The molecular weight excluding hydrogens is 462 g/mol. The van der Waals surface area contributed by atoms with Crippen molar-refractivity contribution in [3.63, 3.8) is 0 Å². The van der Waals surface area contributed by atoms with E-state index in [0.29, 0.717) is 42.5 Å². The van der Waals surface area contributed by atoms with Crippen molar-refractivity contribution in [2.24, 2.45) is 0 Å². The number of rotatable bonds is 7. The number of amides is 1. The first-order chi connectivity index (χ1) is 17.5. The Morgan fingerprint density at radius 2 is 1.81 bits per heavy atom. The monoisotopic (exact) mass is 489 g/mol. The first kappa shape index (κ1) is 24.9. The highest BCUT2D eigenvalue weighted by Crippen LogP contribution is 2.40. The molecule has 2 aromatic carbocycles. The summed E-state index contributed by atoms with van der Waals surface area (Å²) in [6.07, 6.45) is -0.411. The number of furan rings is 1. The second-order valence-corrected chi connectivity index (χ2v) is 8.07. The highest BCUT2D eigenvalue weighted by atomic mass is 16.6. The molecular formula is C28H27NO7. The predicted molar refractivity (Wildman–Crippen MR) is 132 cm³/mol. The molecule has 186 valence electrons. The molecule has 1 saturated heterocycles. The summed E-state index contributed by atoms with van der Waals surface area (Å²) in [7, 11) is 2.99. The highest BCUT2D eigenvalue weighted by molar-refractivity contribution is 5.98. The lowest BCUT2D eigenvalue weighted by Crippen LogP contribution is -2.47. The number of Topliss-reactive ketones (excluding diaryl/α,β-unsaturated/α-hetero) is 1. The maximum Gasteiger partial charge on any atom is 0.289 e. The van der Waals surface area contributed by atoms with Gasteiger partial charge in [-0.25, -0.2) is 0 Å². The van der Waals surface area contributed by atoms with Crippen LogP contribution in [0.4, 0.5) is 0 Å². The van der Waals surface area contributed by atoms with Crippen molar-refractivity contribution < 1.29 is 33.0 Å². The third-order valence-electron chi connectivity index (χ3n) is 5.64. The Morgan fingerprint density at radius 3 is 2.53 bits per heavy atom. The predicted octanol–water partition coefficient (Wildman–Crippen LogP) is 3.82. The topological polar surface area (TPSA) is 87.4 Å². The molecule has 0 N–H and O–H groups in total. The first-order valence-electron chi connectivity index (χ1n) is 11.5. The molecule has 36 heavy (non-hydrogen) atoms. The van der Waals surface area contributed by atoms with Crippen molar-refractivity contribution in [1.82, 2.24) is 4.90 Å². The fourth-order valence-corrected chi connectivity index (χ4v) is 3.83. The number of ether oxygens (including phenoxy) is 4. The van der Waals surface area contributed by atoms with Gasteiger partial charge in [0.25, 0.3) is 5.91 Å². The summed E-state index contributed by atoms with van der Waals surface area (Å²) in [4.78, 5) is 26.8. The van der Waals surface area contributed by atoms with Crippen LogP contribution in [0, 0.1) is 11.8 Å². The van der Waals surface area contributed by atoms with E-state index < -0.39 is 6.10 Å². The molecule has 0 bridgehead atoms. The number of hydrogen-bond acceptors (Lipinski definition) is 7. The number of morpholine rings is 1. The zero-order valence-electron chi connectivity index (χ0n) is 20.4. The lowest BCUT2D eigenvalue weighted by atomic mass is 10.1. The van der Waals surface area contributed by atoms with Crippen LogP contribution >= 0.6 is 0 Å². The van der Waals surface area contributed by atoms with Crippen molar-refractivity contribution in [2.45, 2.75) is 13.0 Å². The van der Waals surface area contributed by atoms with E-state index in [-0.39, 0.29) is 29.8 Å². The van der Waals surface area contributed by atoms with Crippen LogP contribution in [-0.4, -0.2) is 63.2 Å². The van der Waals surface area contributed by atoms with Gasteiger partial charge in [0.1, 0.15) is 12.7 Å². The van der Waals surface area contributed by atoms with E-state index in [1.54, 1.807) is 29.2 Å². The largest absolute Gasteiger partial charge is 0.493 e. The van der Waals surface area contributed by atoms with Gasteiger partial charge in [-0.2, -0.15) is 0 Å². The summed E-state index contributed by atoms with van der Waals surface area (Å²) in [5.41, 5.74) is 1.23. The molecule has 0 spiro atoms. The molecule has 1 unspecified atom stereocenters. The molecule has 4 rings (SSSR count). The third kappa shape index (κ3) is 5.70. The highest BCUT2D eigenvalue weighted by Gasteiger charge is 2.28. The SMILES string of the molecule is COc1ccc(C(C)=O)c(OCC2CN(C(=O)c3ccc(C#Cc4ccccc4)o3)CCO2)c1OC. The zero-order valence-corrected chi connectivity index (χ0v) is 20.4. The Balaban J connectivity index is 1.42. The molecule has 3 aromatic rings. The van der Waals surface area contributed by atoms with Gasteiger partial charge in [-0.05, 0) is 49.2 Å². The smallest absolute Gasteiger partial charge is 0.289 e. The summed E-state index contributed by atoms with van der Waals surface area (Å²) in [5.74, 6) is 7.21. The number of hydrogen-bond donors (Lipinski definition) is 0. The van der Waals surface area contributed by atoms with Gasteiger partial charge in [0, 0.05) is 12.1 Å². The van der Waals surface area contributed by atoms with Gasteiger partial charge in [0.15, 0.2) is 28.8 Å². The van der Waals surface area contributed by atoms with Crippen LogP contribution in [0.5, 0.6) is 17.2 Å². The van der Waals surface area contributed by atoms with Crippen molar-refractivity contribution in [1.29, 1.82) is 0 Å². The van der Waals surface area contributed by atoms with Gasteiger partial charge < -0.3 is 28.3 Å². The quantitative estimate of drug-likeness (QED) is 0.368. The maximum absolute atomic E-state index is 13.0. The van der Waals surface area contributed by atoms with Crippen LogP contribution in [0.2, 0.25) is 0 Å². The van der Waals surface area contributed by atoms with E-state index in [1.165, 1.54) is 21.1 Å². The molecule has 1 amide bonds. The molecule has 1 fully saturated rings. The Morgan fingerprint density at radius 1 is 1.00 bits per heavy atom. The molecule has 0 aliphatic carbocycles. The third-order valence-corrected chi connectivity index (χ3v) is 5.64. The van der Waals surface area contributed by atoms with Crippen molar-refractivity contribution in [3.8, 4) is 29.1 Å². The summed E-state index contributed by atoms with van der Waals surface area (Å²) >= 11 is 0. The first-order valence-corrected chi connectivity index (χ1v) is 11.5. The Hall–Kier alpha value is -4.22. The van der Waals surface area contributed by atoms with Gasteiger partial charge in [0.05, 0.1) is 32.9 Å². The standard InChI is InChI=1S/C28H27NO7/c1-19(30)23-12-14-24(32-2)27(33-3)26(23)35-18-22-17-29(15-16-34-22)28(31)25-13-11-21(36-25)10-9-20-7-5-4-6-8-20/h4-8,11-14,22H,15-18H2,1-3H3. The normalized spacial score (nSPS) is 15.0. The Labute approximate surface area is 209 Å². The van der Waals surface area contributed by atoms with Crippen LogP contribution in [-0.2, 0) is 4.74 Å². The minimum absolute atomic E-state index is 0.111. The average Bonchev–Trinajstić information content (AvgIpc) is 3.39. The van der Waals surface area contributed by atoms with Crippen LogP contribution in [0.1, 0.15) is 39.2 Å². The minimum Gasteiger partial charge on any atom is -0.493 e. The number of carbonyl (C=O) groups excluding carboxylic acids is 2. The van der Waals surface area contributed by atoms with Gasteiger partial charge in [0.2, 0.25) is 5.75 Å². The molecule has 1 aromatic heterocycles. The fourth-order valence-electron chi connectivity index (χ4n) is 3.83. The van der Waals surface area contributed by atoms with Gasteiger partial charge in [-0.15, -0.1) is 0 Å². The lowest BCUT2D eigenvalue weighted by molar-refractivity contribution is -0.0411. The summed E-state index contributed by atoms with van der Waals surface area (Å²) in [6.45, 7) is 2.62. The summed E-state index contributed by atoms with van der Waals surface area (Å²) in [5, 5.41) is 0. The van der Waals surface area contributed by atoms with E-state index >= 15 is 0 Å². The van der Waals surface area contributed by atoms with Crippen LogP contribution in [0.3, 0.4) is 0 Å². The number of nitrogens with zero attached hydrogens (tertiary/aromatic N) is 1. The van der Waals surface area contributed by atoms with E-state index in [2.05, 4.69) is 11.8 Å². The minimum atomic E-state index is -0.411. The Bertz CT molecular complexity index is 1290. The van der Waals surface area contributed by atoms with Crippen molar-refractivity contribution in [3.05, 3.63) is 77.2 Å². The molecule has 2 heterocycles. The Kier molecular flexibility index (Phi) is 7.93. The molecule has 1 aliphatic rings. The number of methoxy groups -OCH3 is 2. The van der Waals surface area contributed by atoms with Crippen LogP contribution in [0.25, 0.3) is 0 Å². The van der Waals surface area contributed by atoms with E-state index in [9.17, 15) is 9.59 Å². The number of ketones is 1.